The number of rotatable bonds is 6. The molecule has 0 bridgehead atoms. The molecule has 0 aromatic heterocycles. The number of benzene rings is 2. The molecule has 0 radical (unpaired) electrons. The second kappa shape index (κ2) is 9.51. The van der Waals surface area contributed by atoms with Crippen molar-refractivity contribution in [3.8, 4) is 17.2 Å². The number of amides is 2. The molecule has 3 rings (SSSR count). The quantitative estimate of drug-likeness (QED) is 0.668. The van der Waals surface area contributed by atoms with E-state index in [0.29, 0.717) is 17.2 Å². The molecule has 2 aromatic carbocycles. The van der Waals surface area contributed by atoms with E-state index in [1.807, 2.05) is 30.3 Å². The molecule has 2 amide bonds. The lowest BCUT2D eigenvalue weighted by Gasteiger charge is -2.33. The van der Waals surface area contributed by atoms with Crippen LogP contribution in [0.15, 0.2) is 48.5 Å². The molecule has 7 heteroatoms. The lowest BCUT2D eigenvalue weighted by Crippen LogP contribution is -2.51. The summed E-state index contributed by atoms with van der Waals surface area (Å²) in [7, 11) is 0. The van der Waals surface area contributed by atoms with Gasteiger partial charge in [-0.15, -0.1) is 0 Å². The van der Waals surface area contributed by atoms with Gasteiger partial charge in [0.05, 0.1) is 0 Å². The second-order valence-electron chi connectivity index (χ2n) is 9.84. The predicted molar refractivity (Wildman–Crippen MR) is 122 cm³/mol. The molecule has 1 aliphatic heterocycles. The normalized spacial score (nSPS) is 15.6. The number of nitrogens with one attached hydrogen (secondary N) is 2. The van der Waals surface area contributed by atoms with E-state index in [1.165, 1.54) is 5.56 Å². The van der Waals surface area contributed by atoms with Crippen molar-refractivity contribution in [1.29, 1.82) is 0 Å². The molecule has 0 aliphatic carbocycles. The van der Waals surface area contributed by atoms with Crippen molar-refractivity contribution in [3.05, 3.63) is 54.1 Å². The van der Waals surface area contributed by atoms with E-state index in [9.17, 15) is 9.59 Å². The maximum absolute atomic E-state index is 12.2. The van der Waals surface area contributed by atoms with Crippen molar-refractivity contribution in [3.63, 3.8) is 0 Å². The van der Waals surface area contributed by atoms with Crippen LogP contribution in [0.3, 0.4) is 0 Å². The number of carbonyl (C=O) groups is 2. The van der Waals surface area contributed by atoms with Crippen LogP contribution in [-0.4, -0.2) is 31.1 Å². The Labute approximate surface area is 189 Å². The first kappa shape index (κ1) is 23.4. The third-order valence-corrected chi connectivity index (χ3v) is 5.10. The molecule has 32 heavy (non-hydrogen) atoms. The smallest absolute Gasteiger partial charge is 0.283 e. The summed E-state index contributed by atoms with van der Waals surface area (Å²) in [6, 6.07) is 14.9. The highest BCUT2D eigenvalue weighted by molar-refractivity contribution is 5.85. The summed E-state index contributed by atoms with van der Waals surface area (Å²) in [5.41, 5.74) is 6.15. The summed E-state index contributed by atoms with van der Waals surface area (Å²) < 4.78 is 16.7. The van der Waals surface area contributed by atoms with Crippen molar-refractivity contribution in [2.45, 2.75) is 52.6 Å². The van der Waals surface area contributed by atoms with Gasteiger partial charge in [-0.3, -0.25) is 20.4 Å². The van der Waals surface area contributed by atoms with Crippen LogP contribution in [-0.2, 0) is 15.0 Å². The summed E-state index contributed by atoms with van der Waals surface area (Å²) in [5, 5.41) is 0. The van der Waals surface area contributed by atoms with Crippen LogP contribution in [0.4, 0.5) is 0 Å². The van der Waals surface area contributed by atoms with Crippen molar-refractivity contribution in [2.75, 3.05) is 13.2 Å². The van der Waals surface area contributed by atoms with Gasteiger partial charge in [0.25, 0.3) is 11.8 Å². The fourth-order valence-corrected chi connectivity index (χ4v) is 3.98. The SMILES string of the molecule is CC(C)(C)CC(C)(C)c1ccc(OCC(=O)NNC(=O)C2COc3ccccc3O2)cc1. The predicted octanol–water partition coefficient (Wildman–Crippen LogP) is 3.77. The Balaban J connectivity index is 1.44. The topological polar surface area (TPSA) is 85.9 Å². The number of para-hydroxylation sites is 2. The molecule has 7 nitrogen and oxygen atoms in total. The Morgan fingerprint density at radius 3 is 2.28 bits per heavy atom. The molecule has 172 valence electrons. The van der Waals surface area contributed by atoms with Gasteiger partial charge in [0, 0.05) is 0 Å². The molecule has 0 spiro atoms. The van der Waals surface area contributed by atoms with E-state index >= 15 is 0 Å². The van der Waals surface area contributed by atoms with E-state index in [0.717, 1.165) is 6.42 Å². The summed E-state index contributed by atoms with van der Waals surface area (Å²) in [4.78, 5) is 24.3. The first-order valence-corrected chi connectivity index (χ1v) is 10.7. The average Bonchev–Trinajstić information content (AvgIpc) is 2.74. The number of hydrogen-bond acceptors (Lipinski definition) is 5. The van der Waals surface area contributed by atoms with Crippen molar-refractivity contribution in [1.82, 2.24) is 10.9 Å². The Morgan fingerprint density at radius 1 is 0.969 bits per heavy atom. The van der Waals surface area contributed by atoms with Gasteiger partial charge in [-0.1, -0.05) is 58.9 Å². The Hall–Kier alpha value is -3.22. The van der Waals surface area contributed by atoms with Crippen LogP contribution in [0.25, 0.3) is 0 Å². The lowest BCUT2D eigenvalue weighted by molar-refractivity contribution is -0.135. The first-order chi connectivity index (χ1) is 15.0. The molecule has 1 heterocycles. The third kappa shape index (κ3) is 6.39. The number of ether oxygens (including phenoxy) is 3. The fraction of sp³-hybridized carbons (Fsp3) is 0.440. The molecule has 0 fully saturated rings. The number of fused-ring (bicyclic) bond motifs is 1. The van der Waals surface area contributed by atoms with Gasteiger partial charge in [-0.05, 0) is 47.1 Å². The maximum atomic E-state index is 12.2. The Morgan fingerprint density at radius 2 is 1.62 bits per heavy atom. The molecule has 1 unspecified atom stereocenters. The highest BCUT2D eigenvalue weighted by Crippen LogP contribution is 2.36. The largest absolute Gasteiger partial charge is 0.485 e. The van der Waals surface area contributed by atoms with Crippen LogP contribution in [0, 0.1) is 5.41 Å². The summed E-state index contributed by atoms with van der Waals surface area (Å²) in [6.45, 7) is 11.0. The average molecular weight is 441 g/mol. The van der Waals surface area contributed by atoms with Crippen LogP contribution in [0.2, 0.25) is 0 Å². The van der Waals surface area contributed by atoms with Crippen molar-refractivity contribution >= 4 is 11.8 Å². The van der Waals surface area contributed by atoms with Crippen LogP contribution in [0.5, 0.6) is 17.2 Å². The molecule has 2 N–H and O–H groups in total. The minimum atomic E-state index is -0.852. The van der Waals surface area contributed by atoms with E-state index in [2.05, 4.69) is 45.5 Å². The van der Waals surface area contributed by atoms with Gasteiger partial charge in [0.2, 0.25) is 6.10 Å². The number of hydrogen-bond donors (Lipinski definition) is 2. The zero-order valence-corrected chi connectivity index (χ0v) is 19.4. The summed E-state index contributed by atoms with van der Waals surface area (Å²) in [6.07, 6.45) is 0.194. The van der Waals surface area contributed by atoms with Crippen LogP contribution in [0.1, 0.15) is 46.6 Å². The number of hydrazine groups is 1. The third-order valence-electron chi connectivity index (χ3n) is 5.10. The minimum absolute atomic E-state index is 0.0316. The zero-order chi connectivity index (χ0) is 23.4. The zero-order valence-electron chi connectivity index (χ0n) is 19.4. The fourth-order valence-electron chi connectivity index (χ4n) is 3.98. The Bertz CT molecular complexity index is 948. The maximum Gasteiger partial charge on any atom is 0.283 e. The summed E-state index contributed by atoms with van der Waals surface area (Å²) >= 11 is 0. The molecular formula is C25H32N2O5. The molecular weight excluding hydrogens is 408 g/mol. The molecule has 0 saturated carbocycles. The van der Waals surface area contributed by atoms with E-state index in [1.54, 1.807) is 18.2 Å². The molecule has 2 aromatic rings. The van der Waals surface area contributed by atoms with Crippen molar-refractivity contribution < 1.29 is 23.8 Å². The van der Waals surface area contributed by atoms with Crippen LogP contribution >= 0.6 is 0 Å². The van der Waals surface area contributed by atoms with Gasteiger partial charge < -0.3 is 14.2 Å². The van der Waals surface area contributed by atoms with Crippen LogP contribution < -0.4 is 25.1 Å². The number of carbonyl (C=O) groups excluding carboxylic acids is 2. The monoisotopic (exact) mass is 440 g/mol. The van der Waals surface area contributed by atoms with E-state index in [-0.39, 0.29) is 24.0 Å². The second-order valence-corrected chi connectivity index (χ2v) is 9.84. The van der Waals surface area contributed by atoms with Crippen molar-refractivity contribution in [2.24, 2.45) is 5.41 Å². The summed E-state index contributed by atoms with van der Waals surface area (Å²) in [5.74, 6) is 0.679. The minimum Gasteiger partial charge on any atom is -0.485 e. The van der Waals surface area contributed by atoms with Gasteiger partial charge in [0.15, 0.2) is 18.1 Å². The first-order valence-electron chi connectivity index (χ1n) is 10.7. The lowest BCUT2D eigenvalue weighted by atomic mass is 9.72. The van der Waals surface area contributed by atoms with Gasteiger partial charge >= 0.3 is 0 Å². The van der Waals surface area contributed by atoms with E-state index in [4.69, 9.17) is 14.2 Å². The van der Waals surface area contributed by atoms with Gasteiger partial charge in [-0.25, -0.2) is 0 Å². The molecule has 1 atom stereocenters. The van der Waals surface area contributed by atoms with Gasteiger partial charge in [-0.2, -0.15) is 0 Å². The standard InChI is InChI=1S/C25H32N2O5/c1-24(2,3)16-25(4,5)17-10-12-18(13-11-17)30-15-22(28)26-27-23(29)21-14-31-19-8-6-7-9-20(19)32-21/h6-13,21H,14-16H2,1-5H3,(H,26,28)(H,27,29). The van der Waals surface area contributed by atoms with Gasteiger partial charge in [0.1, 0.15) is 12.4 Å². The highest BCUT2D eigenvalue weighted by atomic mass is 16.6. The van der Waals surface area contributed by atoms with E-state index < -0.39 is 17.9 Å². The molecule has 1 aliphatic rings. The Kier molecular flexibility index (Phi) is 6.96. The molecule has 0 saturated heterocycles. The highest BCUT2D eigenvalue weighted by Gasteiger charge is 2.28.